The van der Waals surface area contributed by atoms with Crippen LogP contribution in [0.25, 0.3) is 0 Å². The van der Waals surface area contributed by atoms with Crippen LogP contribution < -0.4 is 0 Å². The number of hydrogen-bond acceptors (Lipinski definition) is 3. The number of ether oxygens (including phenoxy) is 1. The molecule has 0 aliphatic heterocycles. The van der Waals surface area contributed by atoms with E-state index < -0.39 is 5.97 Å². The van der Waals surface area contributed by atoms with Crippen molar-refractivity contribution in [2.45, 2.75) is 76.9 Å². The smallest absolute Gasteiger partial charge is 0.330 e. The first kappa shape index (κ1) is 19.2. The highest BCUT2D eigenvalue weighted by atomic mass is 16.5. The standard InChI is InChI=1S/C23H32O3/c1-2-23(25)26-16-22-14-20(12-13-21(22)15-24)19-10-8-18(9-11-19)17-6-4-3-5-7-17/h2,12-14,17-19,24H,1,3-11,15-16H2. The second-order valence-corrected chi connectivity index (χ2v) is 8.01. The zero-order valence-electron chi connectivity index (χ0n) is 15.8. The molecule has 1 aromatic rings. The van der Waals surface area contributed by atoms with Gasteiger partial charge in [-0.3, -0.25) is 0 Å². The van der Waals surface area contributed by atoms with Gasteiger partial charge in [-0.05, 0) is 60.1 Å². The molecule has 26 heavy (non-hydrogen) atoms. The lowest BCUT2D eigenvalue weighted by molar-refractivity contribution is -0.139. The second-order valence-electron chi connectivity index (χ2n) is 8.01. The minimum Gasteiger partial charge on any atom is -0.458 e. The van der Waals surface area contributed by atoms with E-state index in [4.69, 9.17) is 4.74 Å². The maximum atomic E-state index is 11.4. The Labute approximate surface area is 157 Å². The summed E-state index contributed by atoms with van der Waals surface area (Å²) in [5.41, 5.74) is 3.07. The minimum absolute atomic E-state index is 0.0321. The Bertz CT molecular complexity index is 608. The first-order chi connectivity index (χ1) is 12.7. The van der Waals surface area contributed by atoms with Crippen LogP contribution in [0, 0.1) is 11.8 Å². The number of carbonyl (C=O) groups is 1. The van der Waals surface area contributed by atoms with Crippen molar-refractivity contribution in [3.63, 3.8) is 0 Å². The molecule has 142 valence electrons. The maximum absolute atomic E-state index is 11.4. The van der Waals surface area contributed by atoms with Gasteiger partial charge < -0.3 is 9.84 Å². The van der Waals surface area contributed by atoms with Gasteiger partial charge in [0.2, 0.25) is 0 Å². The minimum atomic E-state index is -0.424. The van der Waals surface area contributed by atoms with Crippen molar-refractivity contribution in [3.05, 3.63) is 47.5 Å². The molecule has 0 unspecified atom stereocenters. The molecule has 3 heteroatoms. The van der Waals surface area contributed by atoms with Crippen molar-refractivity contribution in [1.82, 2.24) is 0 Å². The summed E-state index contributed by atoms with van der Waals surface area (Å²) >= 11 is 0. The summed E-state index contributed by atoms with van der Waals surface area (Å²) < 4.78 is 5.19. The van der Waals surface area contributed by atoms with Crippen LogP contribution in [0.5, 0.6) is 0 Å². The summed E-state index contributed by atoms with van der Waals surface area (Å²) in [6.45, 7) is 3.60. The summed E-state index contributed by atoms with van der Waals surface area (Å²) in [7, 11) is 0. The Kier molecular flexibility index (Phi) is 6.90. The molecule has 0 atom stereocenters. The van der Waals surface area contributed by atoms with Crippen LogP contribution in [0.2, 0.25) is 0 Å². The summed E-state index contributed by atoms with van der Waals surface area (Å²) in [6, 6.07) is 6.27. The number of aliphatic hydroxyl groups is 1. The molecule has 0 heterocycles. The fourth-order valence-corrected chi connectivity index (χ4v) is 4.93. The van der Waals surface area contributed by atoms with Gasteiger partial charge in [0.15, 0.2) is 0 Å². The van der Waals surface area contributed by atoms with Crippen molar-refractivity contribution in [2.75, 3.05) is 0 Å². The van der Waals surface area contributed by atoms with Crippen molar-refractivity contribution >= 4 is 5.97 Å². The zero-order chi connectivity index (χ0) is 18.4. The molecule has 2 saturated carbocycles. The molecule has 1 N–H and O–H groups in total. The lowest BCUT2D eigenvalue weighted by Crippen LogP contribution is -2.23. The SMILES string of the molecule is C=CC(=O)OCc1cc(C2CCC(C3CCCCC3)CC2)ccc1CO. The summed E-state index contributed by atoms with van der Waals surface area (Å²) in [5, 5.41) is 9.56. The van der Waals surface area contributed by atoms with E-state index >= 15 is 0 Å². The van der Waals surface area contributed by atoms with E-state index in [2.05, 4.69) is 18.7 Å². The van der Waals surface area contributed by atoms with Gasteiger partial charge in [0.1, 0.15) is 6.61 Å². The van der Waals surface area contributed by atoms with Crippen LogP contribution >= 0.6 is 0 Å². The third-order valence-corrected chi connectivity index (χ3v) is 6.50. The van der Waals surface area contributed by atoms with Crippen LogP contribution in [-0.2, 0) is 22.7 Å². The molecule has 0 spiro atoms. The molecule has 2 aliphatic carbocycles. The molecule has 2 aliphatic rings. The average molecular weight is 357 g/mol. The van der Waals surface area contributed by atoms with Gasteiger partial charge in [-0.2, -0.15) is 0 Å². The van der Waals surface area contributed by atoms with Crippen LogP contribution in [0.15, 0.2) is 30.9 Å². The molecule has 1 aromatic carbocycles. The van der Waals surface area contributed by atoms with Gasteiger partial charge in [-0.1, -0.05) is 56.9 Å². The normalized spacial score (nSPS) is 24.2. The third-order valence-electron chi connectivity index (χ3n) is 6.50. The maximum Gasteiger partial charge on any atom is 0.330 e. The molecule has 0 saturated heterocycles. The van der Waals surface area contributed by atoms with E-state index in [1.165, 1.54) is 69.4 Å². The van der Waals surface area contributed by atoms with Crippen molar-refractivity contribution in [3.8, 4) is 0 Å². The van der Waals surface area contributed by atoms with Crippen LogP contribution in [0.3, 0.4) is 0 Å². The number of aliphatic hydroxyl groups excluding tert-OH is 1. The Balaban J connectivity index is 1.62. The number of rotatable bonds is 6. The largest absolute Gasteiger partial charge is 0.458 e. The predicted octanol–water partition coefficient (Wildman–Crippen LogP) is 5.26. The number of carbonyl (C=O) groups excluding carboxylic acids is 1. The van der Waals surface area contributed by atoms with E-state index in [1.807, 2.05) is 6.07 Å². The van der Waals surface area contributed by atoms with Crippen molar-refractivity contribution < 1.29 is 14.6 Å². The van der Waals surface area contributed by atoms with Gasteiger partial charge in [0, 0.05) is 6.08 Å². The molecular weight excluding hydrogens is 324 g/mol. The highest BCUT2D eigenvalue weighted by Crippen LogP contribution is 2.43. The van der Waals surface area contributed by atoms with E-state index in [1.54, 1.807) is 0 Å². The molecule has 0 bridgehead atoms. The van der Waals surface area contributed by atoms with Crippen LogP contribution in [0.4, 0.5) is 0 Å². The molecule has 0 aromatic heterocycles. The predicted molar refractivity (Wildman–Crippen MR) is 104 cm³/mol. The Hall–Kier alpha value is -1.61. The van der Waals surface area contributed by atoms with E-state index in [9.17, 15) is 9.90 Å². The third kappa shape index (κ3) is 4.76. The number of benzene rings is 1. The van der Waals surface area contributed by atoms with Crippen LogP contribution in [0.1, 0.15) is 80.4 Å². The van der Waals surface area contributed by atoms with Crippen LogP contribution in [-0.4, -0.2) is 11.1 Å². The quantitative estimate of drug-likeness (QED) is 0.558. The lowest BCUT2D eigenvalue weighted by atomic mass is 9.70. The summed E-state index contributed by atoms with van der Waals surface area (Å²) in [5.74, 6) is 2.07. The lowest BCUT2D eigenvalue weighted by Gasteiger charge is -2.36. The first-order valence-corrected chi connectivity index (χ1v) is 10.2. The topological polar surface area (TPSA) is 46.5 Å². The summed E-state index contributed by atoms with van der Waals surface area (Å²) in [4.78, 5) is 11.4. The Morgan fingerprint density at radius 1 is 1.04 bits per heavy atom. The van der Waals surface area contributed by atoms with Crippen molar-refractivity contribution in [2.24, 2.45) is 11.8 Å². The van der Waals surface area contributed by atoms with Gasteiger partial charge in [0.25, 0.3) is 0 Å². The average Bonchev–Trinajstić information content (AvgIpc) is 2.72. The highest BCUT2D eigenvalue weighted by molar-refractivity contribution is 5.81. The monoisotopic (exact) mass is 356 g/mol. The van der Waals surface area contributed by atoms with Gasteiger partial charge in [0.05, 0.1) is 6.61 Å². The fourth-order valence-electron chi connectivity index (χ4n) is 4.93. The number of esters is 1. The van der Waals surface area contributed by atoms with E-state index in [-0.39, 0.29) is 13.2 Å². The van der Waals surface area contributed by atoms with Gasteiger partial charge in [-0.25, -0.2) is 4.79 Å². The number of hydrogen-bond donors (Lipinski definition) is 1. The van der Waals surface area contributed by atoms with Crippen molar-refractivity contribution in [1.29, 1.82) is 0 Å². The van der Waals surface area contributed by atoms with Gasteiger partial charge >= 0.3 is 5.97 Å². The second kappa shape index (κ2) is 9.36. The fraction of sp³-hybridized carbons (Fsp3) is 0.609. The highest BCUT2D eigenvalue weighted by Gasteiger charge is 2.29. The summed E-state index contributed by atoms with van der Waals surface area (Å²) in [6.07, 6.45) is 13.6. The Morgan fingerprint density at radius 3 is 2.38 bits per heavy atom. The van der Waals surface area contributed by atoms with E-state index in [0.717, 1.165) is 23.0 Å². The first-order valence-electron chi connectivity index (χ1n) is 10.2. The molecule has 3 nitrogen and oxygen atoms in total. The molecule has 0 radical (unpaired) electrons. The molecule has 0 amide bonds. The molecule has 3 rings (SSSR count). The zero-order valence-corrected chi connectivity index (χ0v) is 15.8. The van der Waals surface area contributed by atoms with Gasteiger partial charge in [-0.15, -0.1) is 0 Å². The Morgan fingerprint density at radius 2 is 1.73 bits per heavy atom. The molecule has 2 fully saturated rings. The van der Waals surface area contributed by atoms with E-state index in [0.29, 0.717) is 5.92 Å². The molecular formula is C23H32O3.